The van der Waals surface area contributed by atoms with Crippen LogP contribution >= 0.6 is 27.5 Å². The summed E-state index contributed by atoms with van der Waals surface area (Å²) in [7, 11) is 0. The van der Waals surface area contributed by atoms with Crippen molar-refractivity contribution in [3.8, 4) is 5.75 Å². The number of benzene rings is 1. The summed E-state index contributed by atoms with van der Waals surface area (Å²) in [5, 5.41) is -0.104. The fraction of sp³-hybridized carbons (Fsp3) is 0.200. The minimum atomic E-state index is -0.754. The van der Waals surface area contributed by atoms with Crippen LogP contribution in [-0.4, -0.2) is 24.0 Å². The number of nitrogens with two attached hydrogens (primary N) is 1. The minimum absolute atomic E-state index is 0.0254. The quantitative estimate of drug-likeness (QED) is 0.522. The Morgan fingerprint density at radius 3 is 2.83 bits per heavy atom. The molecule has 2 N–H and O–H groups in total. The molecule has 0 saturated carbocycles. The highest BCUT2D eigenvalue weighted by atomic mass is 79.9. The Hall–Kier alpha value is -1.21. The number of halogens is 4. The lowest BCUT2D eigenvalue weighted by molar-refractivity contribution is 0.472. The molecule has 1 aromatic rings. The Labute approximate surface area is 116 Å². The zero-order valence-electron chi connectivity index (χ0n) is 9.04. The second-order valence-corrected chi connectivity index (χ2v) is 4.16. The molecule has 0 bridgehead atoms. The summed E-state index contributed by atoms with van der Waals surface area (Å²) in [5.74, 6) is -0.923. The molecule has 0 aliphatic heterocycles. The lowest BCUT2D eigenvalue weighted by Gasteiger charge is -2.06. The van der Waals surface area contributed by atoms with E-state index in [1.54, 1.807) is 0 Å². The molecule has 0 spiro atoms. The van der Waals surface area contributed by atoms with Gasteiger partial charge in [-0.25, -0.2) is 13.8 Å². The molecule has 0 unspecified atom stereocenters. The molecule has 0 fully saturated rings. The van der Waals surface area contributed by atoms with Crippen LogP contribution in [-0.2, 0) is 0 Å². The molecular weight excluding hydrogens is 331 g/mol. The van der Waals surface area contributed by atoms with E-state index in [2.05, 4.69) is 25.9 Å². The normalized spacial score (nSPS) is 12.7. The topological polar surface area (TPSA) is 60.0 Å². The Kier molecular flexibility index (Phi) is 6.00. The predicted octanol–water partition coefficient (Wildman–Crippen LogP) is 2.89. The number of alkyl halides is 1. The first-order valence-corrected chi connectivity index (χ1v) is 5.93. The van der Waals surface area contributed by atoms with E-state index < -0.39 is 12.5 Å². The summed E-state index contributed by atoms with van der Waals surface area (Å²) in [6, 6.07) is 3.94. The molecular formula is C10H9BrClF2N3O. The van der Waals surface area contributed by atoms with Gasteiger partial charge in [-0.05, 0) is 28.1 Å². The zero-order chi connectivity index (χ0) is 13.5. The van der Waals surface area contributed by atoms with E-state index in [-0.39, 0.29) is 28.1 Å². The van der Waals surface area contributed by atoms with Crippen molar-refractivity contribution in [1.82, 2.24) is 0 Å². The monoisotopic (exact) mass is 339 g/mol. The number of hydrogen-bond acceptors (Lipinski definition) is 2. The van der Waals surface area contributed by atoms with Gasteiger partial charge in [-0.3, -0.25) is 0 Å². The van der Waals surface area contributed by atoms with Gasteiger partial charge in [0.25, 0.3) is 0 Å². The van der Waals surface area contributed by atoms with Gasteiger partial charge in [0.2, 0.25) is 0 Å². The highest BCUT2D eigenvalue weighted by molar-refractivity contribution is 9.18. The van der Waals surface area contributed by atoms with Crippen LogP contribution in [0.25, 0.3) is 0 Å². The van der Waals surface area contributed by atoms with Crippen LogP contribution in [0.4, 0.5) is 8.78 Å². The third kappa shape index (κ3) is 4.58. The summed E-state index contributed by atoms with van der Waals surface area (Å²) >= 11 is 8.45. The average Bonchev–Trinajstić information content (AvgIpc) is 2.31. The number of aliphatic imine (C=N–C) groups is 2. The first-order chi connectivity index (χ1) is 8.54. The average molecular weight is 341 g/mol. The fourth-order valence-corrected chi connectivity index (χ4v) is 1.30. The van der Waals surface area contributed by atoms with Crippen LogP contribution in [0.2, 0.25) is 5.02 Å². The fourth-order valence-electron chi connectivity index (χ4n) is 0.981. The number of hydrogen-bond donors (Lipinski definition) is 1. The maximum Gasteiger partial charge on any atom is 0.319 e. The van der Waals surface area contributed by atoms with Gasteiger partial charge in [-0.15, -0.1) is 0 Å². The molecule has 0 aliphatic rings. The maximum absolute atomic E-state index is 13.5. The van der Waals surface area contributed by atoms with Gasteiger partial charge in [0.1, 0.15) is 6.67 Å². The molecule has 0 aliphatic carbocycles. The second-order valence-electron chi connectivity index (χ2n) is 2.94. The van der Waals surface area contributed by atoms with Gasteiger partial charge in [0.15, 0.2) is 16.3 Å². The number of amidine groups is 2. The van der Waals surface area contributed by atoms with Crippen molar-refractivity contribution >= 4 is 38.3 Å². The van der Waals surface area contributed by atoms with Crippen LogP contribution in [0.15, 0.2) is 28.2 Å². The van der Waals surface area contributed by atoms with Crippen molar-refractivity contribution in [2.24, 2.45) is 15.7 Å². The van der Waals surface area contributed by atoms with Gasteiger partial charge in [0.05, 0.1) is 11.6 Å². The van der Waals surface area contributed by atoms with Crippen LogP contribution < -0.4 is 10.5 Å². The molecule has 8 heteroatoms. The molecule has 0 atom stereocenters. The lowest BCUT2D eigenvalue weighted by atomic mass is 10.3. The first kappa shape index (κ1) is 14.8. The SMILES string of the molecule is NC(Br)=NC(=NCCF)Oc1cccc(Cl)c1F. The van der Waals surface area contributed by atoms with E-state index in [9.17, 15) is 8.78 Å². The Bertz CT molecular complexity index is 478. The van der Waals surface area contributed by atoms with E-state index in [1.807, 2.05) is 0 Å². The van der Waals surface area contributed by atoms with Crippen molar-refractivity contribution in [2.75, 3.05) is 13.2 Å². The molecule has 98 valence electrons. The summed E-state index contributed by atoms with van der Waals surface area (Å²) in [6.07, 6.45) is 0. The minimum Gasteiger partial charge on any atom is -0.421 e. The molecule has 0 saturated heterocycles. The lowest BCUT2D eigenvalue weighted by Crippen LogP contribution is -2.13. The van der Waals surface area contributed by atoms with E-state index in [1.165, 1.54) is 18.2 Å². The van der Waals surface area contributed by atoms with E-state index in [4.69, 9.17) is 22.1 Å². The van der Waals surface area contributed by atoms with Crippen LogP contribution in [0.3, 0.4) is 0 Å². The third-order valence-electron chi connectivity index (χ3n) is 1.65. The second kappa shape index (κ2) is 7.27. The Morgan fingerprint density at radius 2 is 2.22 bits per heavy atom. The van der Waals surface area contributed by atoms with Gasteiger partial charge in [0, 0.05) is 0 Å². The molecule has 18 heavy (non-hydrogen) atoms. The van der Waals surface area contributed by atoms with E-state index in [0.29, 0.717) is 0 Å². The van der Waals surface area contributed by atoms with Crippen LogP contribution in [0.1, 0.15) is 0 Å². The summed E-state index contributed by atoms with van der Waals surface area (Å²) in [5.41, 5.74) is 5.28. The number of rotatable bonds is 3. The standard InChI is InChI=1S/C10H9BrClF2N3O/c11-9(15)17-10(16-5-4-13)18-7-3-1-2-6(12)8(7)14/h1-3H,4-5H2,(H2,15,16,17). The smallest absolute Gasteiger partial charge is 0.319 e. The van der Waals surface area contributed by atoms with E-state index >= 15 is 0 Å². The summed E-state index contributed by atoms with van der Waals surface area (Å²) in [4.78, 5) is 7.30. The van der Waals surface area contributed by atoms with Crippen LogP contribution in [0.5, 0.6) is 5.75 Å². The van der Waals surface area contributed by atoms with Crippen LogP contribution in [0, 0.1) is 5.82 Å². The largest absolute Gasteiger partial charge is 0.421 e. The Balaban J connectivity index is 2.96. The summed E-state index contributed by atoms with van der Waals surface area (Å²) in [6.45, 7) is -0.857. The Morgan fingerprint density at radius 1 is 1.50 bits per heavy atom. The van der Waals surface area contributed by atoms with Crippen molar-refractivity contribution in [3.63, 3.8) is 0 Å². The first-order valence-electron chi connectivity index (χ1n) is 4.76. The van der Waals surface area contributed by atoms with Crippen molar-refractivity contribution < 1.29 is 13.5 Å². The molecule has 4 nitrogen and oxygen atoms in total. The molecule has 1 aromatic carbocycles. The molecule has 0 heterocycles. The van der Waals surface area contributed by atoms with Gasteiger partial charge in [-0.1, -0.05) is 17.7 Å². The predicted molar refractivity (Wildman–Crippen MR) is 70.9 cm³/mol. The third-order valence-corrected chi connectivity index (χ3v) is 2.12. The highest BCUT2D eigenvalue weighted by Crippen LogP contribution is 2.24. The molecule has 0 aromatic heterocycles. The molecule has 1 rings (SSSR count). The highest BCUT2D eigenvalue weighted by Gasteiger charge is 2.10. The van der Waals surface area contributed by atoms with Gasteiger partial charge in [-0.2, -0.15) is 4.99 Å². The maximum atomic E-state index is 13.5. The molecule has 0 amide bonds. The summed E-state index contributed by atoms with van der Waals surface area (Å²) < 4.78 is 30.6. The number of ether oxygens (including phenoxy) is 1. The van der Waals surface area contributed by atoms with Crippen molar-refractivity contribution in [3.05, 3.63) is 29.0 Å². The van der Waals surface area contributed by atoms with Crippen molar-refractivity contribution in [1.29, 1.82) is 0 Å². The van der Waals surface area contributed by atoms with E-state index in [0.717, 1.165) is 0 Å². The number of nitrogens with zero attached hydrogens (tertiary/aromatic N) is 2. The van der Waals surface area contributed by atoms with Gasteiger partial charge < -0.3 is 10.5 Å². The van der Waals surface area contributed by atoms with Gasteiger partial charge >= 0.3 is 6.02 Å². The molecule has 0 radical (unpaired) electrons. The zero-order valence-corrected chi connectivity index (χ0v) is 11.4. The van der Waals surface area contributed by atoms with Crippen molar-refractivity contribution in [2.45, 2.75) is 0 Å².